The van der Waals surface area contributed by atoms with E-state index in [1.54, 1.807) is 12.2 Å². The summed E-state index contributed by atoms with van der Waals surface area (Å²) in [6.45, 7) is 0. The molecule has 0 saturated carbocycles. The van der Waals surface area contributed by atoms with Crippen LogP contribution in [-0.2, 0) is 4.79 Å². The lowest BCUT2D eigenvalue weighted by molar-refractivity contribution is -0.109. The highest BCUT2D eigenvalue weighted by atomic mass is 16.1. The topological polar surface area (TPSA) is 17.1 Å². The lowest BCUT2D eigenvalue weighted by atomic mass is 9.97. The molecule has 0 radical (unpaired) electrons. The van der Waals surface area contributed by atoms with E-state index in [1.807, 2.05) is 30.3 Å². The van der Waals surface area contributed by atoms with Crippen molar-refractivity contribution in [2.24, 2.45) is 0 Å². The molecule has 2 aromatic rings. The van der Waals surface area contributed by atoms with E-state index in [9.17, 15) is 4.79 Å². The molecule has 76 valence electrons. The maximum Gasteiger partial charge on any atom is 0.186 e. The van der Waals surface area contributed by atoms with Gasteiger partial charge in [0.1, 0.15) is 0 Å². The largest absolute Gasteiger partial charge is 0.289 e. The van der Waals surface area contributed by atoms with Crippen LogP contribution < -0.4 is 0 Å². The van der Waals surface area contributed by atoms with Crippen LogP contribution in [0.4, 0.5) is 0 Å². The Hall–Kier alpha value is -2.15. The van der Waals surface area contributed by atoms with Gasteiger partial charge in [0.15, 0.2) is 5.78 Å². The van der Waals surface area contributed by atoms with Gasteiger partial charge in [-0.05, 0) is 22.4 Å². The molecule has 1 aliphatic carbocycles. The Balaban J connectivity index is 2.29. The molecule has 1 aliphatic rings. The SMILES string of the molecule is O=C1C=CC=C1c1cccc2ccccc12. The van der Waals surface area contributed by atoms with Crippen LogP contribution in [0.25, 0.3) is 16.3 Å². The van der Waals surface area contributed by atoms with Gasteiger partial charge in [0, 0.05) is 5.57 Å². The fraction of sp³-hybridized carbons (Fsp3) is 0. The van der Waals surface area contributed by atoms with Gasteiger partial charge in [-0.3, -0.25) is 4.79 Å². The van der Waals surface area contributed by atoms with Gasteiger partial charge in [-0.1, -0.05) is 54.6 Å². The number of ketones is 1. The Morgan fingerprint density at radius 1 is 0.875 bits per heavy atom. The van der Waals surface area contributed by atoms with Crippen LogP contribution in [0.1, 0.15) is 5.56 Å². The molecule has 0 bridgehead atoms. The molecular formula is C15H10O. The van der Waals surface area contributed by atoms with Crippen LogP contribution in [0.2, 0.25) is 0 Å². The third-order valence-electron chi connectivity index (χ3n) is 2.86. The maximum atomic E-state index is 11.7. The molecule has 0 heterocycles. The smallest absolute Gasteiger partial charge is 0.186 e. The van der Waals surface area contributed by atoms with Crippen LogP contribution in [0, 0.1) is 0 Å². The van der Waals surface area contributed by atoms with Crippen molar-refractivity contribution in [1.29, 1.82) is 0 Å². The second-order valence-electron chi connectivity index (χ2n) is 3.83. The van der Waals surface area contributed by atoms with Crippen molar-refractivity contribution in [3.05, 3.63) is 66.3 Å². The summed E-state index contributed by atoms with van der Waals surface area (Å²) < 4.78 is 0. The number of rotatable bonds is 1. The fourth-order valence-electron chi connectivity index (χ4n) is 2.09. The van der Waals surface area contributed by atoms with Gasteiger partial charge in [0.05, 0.1) is 0 Å². The van der Waals surface area contributed by atoms with Gasteiger partial charge >= 0.3 is 0 Å². The number of hydrogen-bond acceptors (Lipinski definition) is 1. The van der Waals surface area contributed by atoms with Crippen molar-refractivity contribution in [3.8, 4) is 0 Å². The Morgan fingerprint density at radius 2 is 1.69 bits per heavy atom. The quantitative estimate of drug-likeness (QED) is 0.699. The van der Waals surface area contributed by atoms with E-state index >= 15 is 0 Å². The number of fused-ring (bicyclic) bond motifs is 1. The zero-order valence-corrected chi connectivity index (χ0v) is 8.68. The first-order valence-corrected chi connectivity index (χ1v) is 5.27. The summed E-state index contributed by atoms with van der Waals surface area (Å²) >= 11 is 0. The molecule has 16 heavy (non-hydrogen) atoms. The molecule has 0 amide bonds. The molecule has 3 rings (SSSR count). The van der Waals surface area contributed by atoms with Crippen LogP contribution in [-0.4, -0.2) is 5.78 Å². The summed E-state index contributed by atoms with van der Waals surface area (Å²) in [5, 5.41) is 2.30. The Morgan fingerprint density at radius 3 is 2.50 bits per heavy atom. The summed E-state index contributed by atoms with van der Waals surface area (Å²) in [6, 6.07) is 14.2. The molecule has 0 fully saturated rings. The summed E-state index contributed by atoms with van der Waals surface area (Å²) in [5.41, 5.74) is 1.81. The van der Waals surface area contributed by atoms with Crippen molar-refractivity contribution in [2.75, 3.05) is 0 Å². The van der Waals surface area contributed by atoms with E-state index in [1.165, 1.54) is 5.39 Å². The second kappa shape index (κ2) is 3.46. The Labute approximate surface area is 93.7 Å². The maximum absolute atomic E-state index is 11.7. The van der Waals surface area contributed by atoms with E-state index in [4.69, 9.17) is 0 Å². The van der Waals surface area contributed by atoms with Crippen LogP contribution in [0.5, 0.6) is 0 Å². The first kappa shape index (κ1) is 9.10. The number of allylic oxidation sites excluding steroid dienone is 4. The monoisotopic (exact) mass is 206 g/mol. The molecule has 0 aliphatic heterocycles. The second-order valence-corrected chi connectivity index (χ2v) is 3.83. The molecule has 1 nitrogen and oxygen atoms in total. The van der Waals surface area contributed by atoms with E-state index < -0.39 is 0 Å². The van der Waals surface area contributed by atoms with E-state index in [0.717, 1.165) is 16.5 Å². The number of carbonyl (C=O) groups excluding carboxylic acids is 1. The summed E-state index contributed by atoms with van der Waals surface area (Å²) in [5.74, 6) is 0.0938. The average Bonchev–Trinajstić information content (AvgIpc) is 2.75. The van der Waals surface area contributed by atoms with Crippen molar-refractivity contribution < 1.29 is 4.79 Å². The van der Waals surface area contributed by atoms with Crippen molar-refractivity contribution in [3.63, 3.8) is 0 Å². The summed E-state index contributed by atoms with van der Waals surface area (Å²) in [7, 11) is 0. The Bertz CT molecular complexity index is 627. The minimum Gasteiger partial charge on any atom is -0.289 e. The van der Waals surface area contributed by atoms with Gasteiger partial charge < -0.3 is 0 Å². The van der Waals surface area contributed by atoms with Crippen LogP contribution in [0.3, 0.4) is 0 Å². The Kier molecular flexibility index (Phi) is 1.97. The van der Waals surface area contributed by atoms with Crippen molar-refractivity contribution in [1.82, 2.24) is 0 Å². The third kappa shape index (κ3) is 1.29. The molecule has 0 aromatic heterocycles. The number of carbonyl (C=O) groups is 1. The van der Waals surface area contributed by atoms with Gasteiger partial charge in [0.2, 0.25) is 0 Å². The highest BCUT2D eigenvalue weighted by Gasteiger charge is 2.14. The summed E-state index contributed by atoms with van der Waals surface area (Å²) in [6.07, 6.45) is 5.29. The normalized spacial score (nSPS) is 14.5. The lowest BCUT2D eigenvalue weighted by Crippen LogP contribution is -1.94. The summed E-state index contributed by atoms with van der Waals surface area (Å²) in [4.78, 5) is 11.7. The number of benzene rings is 2. The zero-order valence-electron chi connectivity index (χ0n) is 8.68. The van der Waals surface area contributed by atoms with Gasteiger partial charge in [-0.25, -0.2) is 0 Å². The van der Waals surface area contributed by atoms with Crippen molar-refractivity contribution in [2.45, 2.75) is 0 Å². The third-order valence-corrected chi connectivity index (χ3v) is 2.86. The predicted octanol–water partition coefficient (Wildman–Crippen LogP) is 3.36. The number of hydrogen-bond donors (Lipinski definition) is 0. The van der Waals surface area contributed by atoms with Crippen molar-refractivity contribution >= 4 is 22.1 Å². The molecule has 1 heteroatoms. The molecule has 0 atom stereocenters. The standard InChI is InChI=1S/C15H10O/c16-15-10-4-9-14(15)13-8-3-6-11-5-1-2-7-12(11)13/h1-10H. The average molecular weight is 206 g/mol. The minimum atomic E-state index is 0.0938. The highest BCUT2D eigenvalue weighted by molar-refractivity contribution is 6.30. The van der Waals surface area contributed by atoms with Gasteiger partial charge in [-0.15, -0.1) is 0 Å². The molecule has 0 unspecified atom stereocenters. The first-order valence-electron chi connectivity index (χ1n) is 5.27. The molecule has 0 saturated heterocycles. The first-order chi connectivity index (χ1) is 7.86. The van der Waals surface area contributed by atoms with E-state index in [-0.39, 0.29) is 5.78 Å². The van der Waals surface area contributed by atoms with Gasteiger partial charge in [0.25, 0.3) is 0 Å². The molecule has 2 aromatic carbocycles. The van der Waals surface area contributed by atoms with Crippen LogP contribution >= 0.6 is 0 Å². The minimum absolute atomic E-state index is 0.0938. The predicted molar refractivity (Wildman–Crippen MR) is 66.1 cm³/mol. The molecular weight excluding hydrogens is 196 g/mol. The molecule has 0 spiro atoms. The fourth-order valence-corrected chi connectivity index (χ4v) is 2.09. The van der Waals surface area contributed by atoms with Crippen LogP contribution in [0.15, 0.2) is 60.7 Å². The lowest BCUT2D eigenvalue weighted by Gasteiger charge is -2.06. The molecule has 0 N–H and O–H groups in total. The zero-order chi connectivity index (χ0) is 11.0. The van der Waals surface area contributed by atoms with E-state index in [0.29, 0.717) is 0 Å². The van der Waals surface area contributed by atoms with E-state index in [2.05, 4.69) is 18.2 Å². The van der Waals surface area contributed by atoms with Gasteiger partial charge in [-0.2, -0.15) is 0 Å². The highest BCUT2D eigenvalue weighted by Crippen LogP contribution is 2.27.